The molecule has 2 aromatic rings. The average Bonchev–Trinajstić information content (AvgIpc) is 3.06. The van der Waals surface area contributed by atoms with Crippen LogP contribution in [0.4, 0.5) is 5.69 Å². The smallest absolute Gasteiger partial charge is 0.0832 e. The summed E-state index contributed by atoms with van der Waals surface area (Å²) in [5.74, 6) is 0. The van der Waals surface area contributed by atoms with Gasteiger partial charge in [-0.15, -0.1) is 11.3 Å². The lowest BCUT2D eigenvalue weighted by Gasteiger charge is -2.07. The van der Waals surface area contributed by atoms with E-state index in [1.165, 1.54) is 34.4 Å². The van der Waals surface area contributed by atoms with Crippen LogP contribution in [-0.4, -0.2) is 6.21 Å². The van der Waals surface area contributed by atoms with E-state index in [4.69, 9.17) is 5.73 Å². The van der Waals surface area contributed by atoms with E-state index in [1.807, 2.05) is 6.92 Å². The van der Waals surface area contributed by atoms with Gasteiger partial charge in [0.15, 0.2) is 0 Å². The van der Waals surface area contributed by atoms with Crippen LogP contribution in [0.2, 0.25) is 0 Å². The average molecular weight is 349 g/mol. The summed E-state index contributed by atoms with van der Waals surface area (Å²) in [6, 6.07) is 10.9. The lowest BCUT2D eigenvalue weighted by molar-refractivity contribution is 0.920. The fourth-order valence-electron chi connectivity index (χ4n) is 2.97. The van der Waals surface area contributed by atoms with Crippen molar-refractivity contribution in [1.82, 2.24) is 0 Å². The Kier molecular flexibility index (Phi) is 5.67. The van der Waals surface area contributed by atoms with Gasteiger partial charge in [0.1, 0.15) is 0 Å². The van der Waals surface area contributed by atoms with Crippen LogP contribution in [-0.2, 0) is 6.42 Å². The number of rotatable bonds is 6. The molecule has 1 aromatic heterocycles. The minimum atomic E-state index is 0.572. The molecule has 3 heteroatoms. The quantitative estimate of drug-likeness (QED) is 0.613. The van der Waals surface area contributed by atoms with Crippen LogP contribution in [0.3, 0.4) is 0 Å². The normalized spacial score (nSPS) is 14.0. The monoisotopic (exact) mass is 348 g/mol. The maximum atomic E-state index is 5.90. The molecule has 0 fully saturated rings. The highest BCUT2D eigenvalue weighted by atomic mass is 32.1. The first-order valence-electron chi connectivity index (χ1n) is 8.69. The Hall–Kier alpha value is -2.39. The highest BCUT2D eigenvalue weighted by Crippen LogP contribution is 2.38. The molecule has 0 saturated heterocycles. The number of aryl methyl sites for hydroxylation is 1. The number of allylic oxidation sites excluding steroid dienone is 4. The predicted octanol–water partition coefficient (Wildman–Crippen LogP) is 6.28. The molecule has 2 N–H and O–H groups in total. The molecule has 0 spiro atoms. The number of thiophene rings is 1. The van der Waals surface area contributed by atoms with Crippen molar-refractivity contribution in [3.05, 3.63) is 71.2 Å². The van der Waals surface area contributed by atoms with Gasteiger partial charge in [0, 0.05) is 16.8 Å². The van der Waals surface area contributed by atoms with Crippen LogP contribution in [0, 0.1) is 0 Å². The summed E-state index contributed by atoms with van der Waals surface area (Å²) in [5.41, 5.74) is 11.4. The third kappa shape index (κ3) is 4.37. The van der Waals surface area contributed by atoms with E-state index in [0.29, 0.717) is 5.70 Å². The third-order valence-electron chi connectivity index (χ3n) is 4.28. The Bertz CT molecular complexity index is 835. The first kappa shape index (κ1) is 17.4. The van der Waals surface area contributed by atoms with Crippen molar-refractivity contribution in [3.8, 4) is 10.4 Å². The standard InChI is InChI=1S/C22H24N2S/c1-3-24-20-15-21(25-22(20)16(2)23)19-13-11-18(12-14-19)10-9-17-7-5-4-6-8-17/h3,5,7-8,11-15H,2,4,6,9-10,23H2,1H3. The van der Waals surface area contributed by atoms with Gasteiger partial charge in [-0.2, -0.15) is 0 Å². The van der Waals surface area contributed by atoms with Gasteiger partial charge in [-0.25, -0.2) is 0 Å². The van der Waals surface area contributed by atoms with E-state index >= 15 is 0 Å². The maximum absolute atomic E-state index is 5.90. The van der Waals surface area contributed by atoms with Crippen LogP contribution in [0.5, 0.6) is 0 Å². The van der Waals surface area contributed by atoms with Gasteiger partial charge >= 0.3 is 0 Å². The largest absolute Gasteiger partial charge is 0.398 e. The number of hydrogen-bond acceptors (Lipinski definition) is 3. The van der Waals surface area contributed by atoms with Crippen molar-refractivity contribution in [3.63, 3.8) is 0 Å². The van der Waals surface area contributed by atoms with Crippen molar-refractivity contribution in [2.24, 2.45) is 10.7 Å². The Morgan fingerprint density at radius 1 is 1.24 bits per heavy atom. The summed E-state index contributed by atoms with van der Waals surface area (Å²) in [5, 5.41) is 0. The van der Waals surface area contributed by atoms with Crippen molar-refractivity contribution in [2.45, 2.75) is 32.6 Å². The Labute approximate surface area is 154 Å². The summed E-state index contributed by atoms with van der Waals surface area (Å²) in [6.45, 7) is 5.77. The van der Waals surface area contributed by atoms with E-state index in [1.54, 1.807) is 17.6 Å². The van der Waals surface area contributed by atoms with Crippen molar-refractivity contribution in [2.75, 3.05) is 0 Å². The molecule has 1 heterocycles. The highest BCUT2D eigenvalue weighted by Gasteiger charge is 2.11. The molecule has 0 amide bonds. The van der Waals surface area contributed by atoms with Gasteiger partial charge in [-0.3, -0.25) is 4.99 Å². The molecule has 0 bridgehead atoms. The summed E-state index contributed by atoms with van der Waals surface area (Å²) >= 11 is 1.65. The molecular weight excluding hydrogens is 324 g/mol. The maximum Gasteiger partial charge on any atom is 0.0832 e. The summed E-state index contributed by atoms with van der Waals surface area (Å²) in [4.78, 5) is 6.53. The summed E-state index contributed by atoms with van der Waals surface area (Å²) in [6.07, 6.45) is 13.2. The van der Waals surface area contributed by atoms with Gasteiger partial charge in [0.05, 0.1) is 10.6 Å². The highest BCUT2D eigenvalue weighted by molar-refractivity contribution is 7.17. The summed E-state index contributed by atoms with van der Waals surface area (Å²) in [7, 11) is 0. The zero-order chi connectivity index (χ0) is 17.6. The molecule has 1 aliphatic rings. The SMILES string of the molecule is C=C(N)c1sc(-c2ccc(CCC3=CCCC=C3)cc2)cc1N=CC. The second-order valence-electron chi connectivity index (χ2n) is 6.19. The Balaban J connectivity index is 1.73. The number of hydrogen-bond donors (Lipinski definition) is 1. The third-order valence-corrected chi connectivity index (χ3v) is 5.53. The van der Waals surface area contributed by atoms with E-state index in [2.05, 4.69) is 60.1 Å². The molecule has 0 atom stereocenters. The lowest BCUT2D eigenvalue weighted by Crippen LogP contribution is -1.90. The van der Waals surface area contributed by atoms with E-state index in [9.17, 15) is 0 Å². The van der Waals surface area contributed by atoms with Crippen molar-refractivity contribution in [1.29, 1.82) is 0 Å². The molecule has 25 heavy (non-hydrogen) atoms. The minimum Gasteiger partial charge on any atom is -0.398 e. The van der Waals surface area contributed by atoms with Gasteiger partial charge in [-0.1, -0.05) is 54.6 Å². The van der Waals surface area contributed by atoms with Crippen LogP contribution in [0.1, 0.15) is 36.6 Å². The van der Waals surface area contributed by atoms with Gasteiger partial charge in [0.2, 0.25) is 0 Å². The molecule has 2 nitrogen and oxygen atoms in total. The fourth-order valence-corrected chi connectivity index (χ4v) is 3.96. The van der Waals surface area contributed by atoms with Crippen LogP contribution in [0.25, 0.3) is 16.1 Å². The first-order valence-corrected chi connectivity index (χ1v) is 9.51. The van der Waals surface area contributed by atoms with Crippen LogP contribution >= 0.6 is 11.3 Å². The van der Waals surface area contributed by atoms with E-state index in [0.717, 1.165) is 23.4 Å². The Morgan fingerprint density at radius 2 is 2.04 bits per heavy atom. The zero-order valence-electron chi connectivity index (χ0n) is 14.7. The lowest BCUT2D eigenvalue weighted by atomic mass is 9.99. The van der Waals surface area contributed by atoms with E-state index in [-0.39, 0.29) is 0 Å². The van der Waals surface area contributed by atoms with Crippen LogP contribution < -0.4 is 5.73 Å². The van der Waals surface area contributed by atoms with Crippen molar-refractivity contribution < 1.29 is 0 Å². The molecule has 0 aliphatic heterocycles. The zero-order valence-corrected chi connectivity index (χ0v) is 15.5. The molecule has 0 saturated carbocycles. The molecule has 3 rings (SSSR count). The van der Waals surface area contributed by atoms with Gasteiger partial charge in [0.25, 0.3) is 0 Å². The van der Waals surface area contributed by atoms with Crippen LogP contribution in [0.15, 0.2) is 65.7 Å². The first-order chi connectivity index (χ1) is 12.2. The van der Waals surface area contributed by atoms with Gasteiger partial charge in [-0.05, 0) is 49.8 Å². The molecule has 0 unspecified atom stereocenters. The van der Waals surface area contributed by atoms with E-state index < -0.39 is 0 Å². The molecule has 1 aromatic carbocycles. The predicted molar refractivity (Wildman–Crippen MR) is 112 cm³/mol. The number of nitrogens with two attached hydrogens (primary N) is 1. The van der Waals surface area contributed by atoms with Gasteiger partial charge < -0.3 is 5.73 Å². The minimum absolute atomic E-state index is 0.572. The molecule has 0 radical (unpaired) electrons. The topological polar surface area (TPSA) is 38.4 Å². The Morgan fingerprint density at radius 3 is 2.68 bits per heavy atom. The number of nitrogens with zero attached hydrogens (tertiary/aromatic N) is 1. The number of aliphatic imine (C=N–C) groups is 1. The number of benzene rings is 1. The molecule has 128 valence electrons. The summed E-state index contributed by atoms with van der Waals surface area (Å²) < 4.78 is 0. The molecular formula is C22H24N2S. The molecule has 1 aliphatic carbocycles. The van der Waals surface area contributed by atoms with Crippen molar-refractivity contribution >= 4 is 28.9 Å². The second-order valence-corrected chi connectivity index (χ2v) is 7.25. The fraction of sp³-hybridized carbons (Fsp3) is 0.227. The second kappa shape index (κ2) is 8.13.